The van der Waals surface area contributed by atoms with Crippen molar-refractivity contribution in [3.63, 3.8) is 0 Å². The van der Waals surface area contributed by atoms with Crippen molar-refractivity contribution in [1.82, 2.24) is 5.32 Å². The summed E-state index contributed by atoms with van der Waals surface area (Å²) in [4.78, 5) is 12.0. The van der Waals surface area contributed by atoms with Crippen molar-refractivity contribution in [2.45, 2.75) is 6.54 Å². The van der Waals surface area contributed by atoms with Gasteiger partial charge in [0.15, 0.2) is 11.5 Å². The average molecular weight is 296 g/mol. The number of nitriles is 1. The molecule has 5 nitrogen and oxygen atoms in total. The fraction of sp³-hybridized carbons (Fsp3) is 0.176. The molecule has 0 heterocycles. The van der Waals surface area contributed by atoms with E-state index in [1.165, 1.54) is 14.2 Å². The van der Waals surface area contributed by atoms with Gasteiger partial charge in [-0.05, 0) is 29.8 Å². The third kappa shape index (κ3) is 3.36. The van der Waals surface area contributed by atoms with Gasteiger partial charge in [0, 0.05) is 12.1 Å². The van der Waals surface area contributed by atoms with Crippen LogP contribution in [0.25, 0.3) is 0 Å². The molecule has 2 aromatic carbocycles. The van der Waals surface area contributed by atoms with Crippen LogP contribution in [-0.4, -0.2) is 20.1 Å². The Balaban J connectivity index is 2.17. The topological polar surface area (TPSA) is 71.3 Å². The van der Waals surface area contributed by atoms with E-state index in [1.54, 1.807) is 36.4 Å². The normalized spacial score (nSPS) is 9.68. The number of nitrogens with one attached hydrogen (secondary N) is 1. The lowest BCUT2D eigenvalue weighted by Crippen LogP contribution is -2.22. The number of rotatable bonds is 5. The number of amides is 1. The first kappa shape index (κ1) is 15.4. The Kier molecular flexibility index (Phi) is 4.99. The monoisotopic (exact) mass is 296 g/mol. The van der Waals surface area contributed by atoms with E-state index >= 15 is 0 Å². The zero-order valence-electron chi connectivity index (χ0n) is 12.4. The fourth-order valence-corrected chi connectivity index (χ4v) is 2.08. The number of carbonyl (C=O) groups excluding carboxylic acids is 1. The molecular formula is C17H16N2O3. The van der Waals surface area contributed by atoms with Crippen LogP contribution in [0.3, 0.4) is 0 Å². The third-order valence-electron chi connectivity index (χ3n) is 3.15. The van der Waals surface area contributed by atoms with Crippen LogP contribution in [0, 0.1) is 11.3 Å². The highest BCUT2D eigenvalue weighted by molar-refractivity contribution is 5.94. The van der Waals surface area contributed by atoms with Gasteiger partial charge in [-0.2, -0.15) is 5.26 Å². The van der Waals surface area contributed by atoms with Crippen LogP contribution in [0.2, 0.25) is 0 Å². The highest BCUT2D eigenvalue weighted by Crippen LogP contribution is 2.32. The number of ether oxygens (including phenoxy) is 2. The fourth-order valence-electron chi connectivity index (χ4n) is 2.08. The summed E-state index contributed by atoms with van der Waals surface area (Å²) in [6, 6.07) is 14.4. The minimum atomic E-state index is -0.172. The molecule has 0 aliphatic rings. The zero-order chi connectivity index (χ0) is 15.9. The van der Waals surface area contributed by atoms with Crippen molar-refractivity contribution in [3.8, 4) is 17.6 Å². The first-order chi connectivity index (χ1) is 10.7. The number of methoxy groups -OCH3 is 2. The molecule has 22 heavy (non-hydrogen) atoms. The van der Waals surface area contributed by atoms with Gasteiger partial charge < -0.3 is 14.8 Å². The van der Waals surface area contributed by atoms with Crippen LogP contribution in [-0.2, 0) is 6.54 Å². The van der Waals surface area contributed by atoms with Crippen molar-refractivity contribution in [2.24, 2.45) is 0 Å². The number of benzene rings is 2. The maximum Gasteiger partial charge on any atom is 0.251 e. The number of hydrogen-bond donors (Lipinski definition) is 1. The molecule has 0 aromatic heterocycles. The van der Waals surface area contributed by atoms with E-state index in [0.717, 1.165) is 5.56 Å². The van der Waals surface area contributed by atoms with Gasteiger partial charge in [0.2, 0.25) is 0 Å². The summed E-state index contributed by atoms with van der Waals surface area (Å²) in [5, 5.41) is 12.0. The lowest BCUT2D eigenvalue weighted by molar-refractivity contribution is 0.0951. The Morgan fingerprint density at radius 2 is 1.91 bits per heavy atom. The van der Waals surface area contributed by atoms with Gasteiger partial charge in [-0.1, -0.05) is 18.2 Å². The second-order valence-corrected chi connectivity index (χ2v) is 4.54. The summed E-state index contributed by atoms with van der Waals surface area (Å²) in [6.07, 6.45) is 0. The first-order valence-electron chi connectivity index (χ1n) is 6.67. The second kappa shape index (κ2) is 7.14. The molecule has 1 amide bonds. The van der Waals surface area contributed by atoms with E-state index in [4.69, 9.17) is 9.47 Å². The molecule has 2 rings (SSSR count). The Hall–Kier alpha value is -3.00. The molecular weight excluding hydrogens is 280 g/mol. The molecule has 0 spiro atoms. The molecule has 0 fully saturated rings. The van der Waals surface area contributed by atoms with Gasteiger partial charge in [0.1, 0.15) is 6.07 Å². The summed E-state index contributed by atoms with van der Waals surface area (Å²) in [7, 11) is 2.99. The van der Waals surface area contributed by atoms with Crippen LogP contribution < -0.4 is 14.8 Å². The molecule has 1 N–H and O–H groups in total. The molecule has 0 saturated heterocycles. The van der Waals surface area contributed by atoms with Crippen LogP contribution >= 0.6 is 0 Å². The van der Waals surface area contributed by atoms with Gasteiger partial charge in [0.25, 0.3) is 5.91 Å². The molecule has 0 aliphatic carbocycles. The number of nitrogens with zero attached hydrogens (tertiary/aromatic N) is 1. The van der Waals surface area contributed by atoms with Gasteiger partial charge in [-0.15, -0.1) is 0 Å². The Morgan fingerprint density at radius 3 is 2.50 bits per heavy atom. The molecule has 0 aliphatic heterocycles. The Bertz CT molecular complexity index is 706. The molecule has 0 radical (unpaired) electrons. The number of carbonyl (C=O) groups is 1. The van der Waals surface area contributed by atoms with Crippen molar-refractivity contribution < 1.29 is 14.3 Å². The van der Waals surface area contributed by atoms with E-state index in [1.807, 2.05) is 6.07 Å². The van der Waals surface area contributed by atoms with Crippen LogP contribution in [0.4, 0.5) is 0 Å². The Morgan fingerprint density at radius 1 is 1.18 bits per heavy atom. The standard InChI is InChI=1S/C17H16N2O3/c1-21-15-9-12(8-14(10-18)16(15)22-2)11-19-17(20)13-6-4-3-5-7-13/h3-9H,11H2,1-2H3,(H,19,20). The van der Waals surface area contributed by atoms with E-state index < -0.39 is 0 Å². The first-order valence-corrected chi connectivity index (χ1v) is 6.67. The van der Waals surface area contributed by atoms with E-state index in [2.05, 4.69) is 11.4 Å². The van der Waals surface area contributed by atoms with Crippen molar-refractivity contribution in [3.05, 3.63) is 59.2 Å². The maximum atomic E-state index is 12.0. The maximum absolute atomic E-state index is 12.0. The lowest BCUT2D eigenvalue weighted by atomic mass is 10.1. The molecule has 0 saturated carbocycles. The largest absolute Gasteiger partial charge is 0.493 e. The van der Waals surface area contributed by atoms with Gasteiger partial charge >= 0.3 is 0 Å². The summed E-state index contributed by atoms with van der Waals surface area (Å²) in [5.41, 5.74) is 1.72. The highest BCUT2D eigenvalue weighted by atomic mass is 16.5. The molecule has 0 bridgehead atoms. The van der Waals surface area contributed by atoms with Crippen molar-refractivity contribution in [1.29, 1.82) is 5.26 Å². The summed E-state index contributed by atoms with van der Waals surface area (Å²) >= 11 is 0. The van der Waals surface area contributed by atoms with Crippen LogP contribution in [0.5, 0.6) is 11.5 Å². The van der Waals surface area contributed by atoms with E-state index in [0.29, 0.717) is 29.2 Å². The molecule has 5 heteroatoms. The van der Waals surface area contributed by atoms with Gasteiger partial charge in [0.05, 0.1) is 19.8 Å². The third-order valence-corrected chi connectivity index (χ3v) is 3.15. The van der Waals surface area contributed by atoms with Crippen LogP contribution in [0.1, 0.15) is 21.5 Å². The smallest absolute Gasteiger partial charge is 0.251 e. The van der Waals surface area contributed by atoms with Crippen molar-refractivity contribution in [2.75, 3.05) is 14.2 Å². The Labute approximate surface area is 129 Å². The molecule has 0 unspecified atom stereocenters. The van der Waals surface area contributed by atoms with Crippen LogP contribution in [0.15, 0.2) is 42.5 Å². The zero-order valence-corrected chi connectivity index (χ0v) is 12.4. The molecule has 112 valence electrons. The minimum absolute atomic E-state index is 0.172. The van der Waals surface area contributed by atoms with E-state index in [9.17, 15) is 10.1 Å². The highest BCUT2D eigenvalue weighted by Gasteiger charge is 2.13. The van der Waals surface area contributed by atoms with E-state index in [-0.39, 0.29) is 5.91 Å². The SMILES string of the molecule is COc1cc(CNC(=O)c2ccccc2)cc(C#N)c1OC. The average Bonchev–Trinajstić information content (AvgIpc) is 2.59. The molecule has 2 aromatic rings. The second-order valence-electron chi connectivity index (χ2n) is 4.54. The predicted octanol–water partition coefficient (Wildman–Crippen LogP) is 2.51. The quantitative estimate of drug-likeness (QED) is 0.920. The summed E-state index contributed by atoms with van der Waals surface area (Å²) in [6.45, 7) is 0.294. The number of hydrogen-bond acceptors (Lipinski definition) is 4. The predicted molar refractivity (Wildman–Crippen MR) is 81.9 cm³/mol. The minimum Gasteiger partial charge on any atom is -0.493 e. The molecule has 0 atom stereocenters. The lowest BCUT2D eigenvalue weighted by Gasteiger charge is -2.12. The summed E-state index contributed by atoms with van der Waals surface area (Å²) < 4.78 is 10.4. The summed E-state index contributed by atoms with van der Waals surface area (Å²) in [5.74, 6) is 0.683. The van der Waals surface area contributed by atoms with Gasteiger partial charge in [-0.25, -0.2) is 0 Å². The van der Waals surface area contributed by atoms with Crippen molar-refractivity contribution >= 4 is 5.91 Å². The van der Waals surface area contributed by atoms with Gasteiger partial charge in [-0.3, -0.25) is 4.79 Å².